The van der Waals surface area contributed by atoms with Gasteiger partial charge in [-0.2, -0.15) is 0 Å². The van der Waals surface area contributed by atoms with E-state index in [1.54, 1.807) is 0 Å². The summed E-state index contributed by atoms with van der Waals surface area (Å²) in [6.07, 6.45) is 5.70. The van der Waals surface area contributed by atoms with Crippen LogP contribution in [0.25, 0.3) is 0 Å². The average molecular weight is 343 g/mol. The lowest BCUT2D eigenvalue weighted by Gasteiger charge is -2.32. The van der Waals surface area contributed by atoms with Gasteiger partial charge in [-0.15, -0.1) is 0 Å². The van der Waals surface area contributed by atoms with E-state index in [1.165, 1.54) is 5.56 Å². The smallest absolute Gasteiger partial charge is 0.315 e. The minimum Gasteiger partial charge on any atom is -0.342 e. The third kappa shape index (κ3) is 5.48. The van der Waals surface area contributed by atoms with E-state index in [9.17, 15) is 9.59 Å². The van der Waals surface area contributed by atoms with Crippen LogP contribution in [0.2, 0.25) is 0 Å². The van der Waals surface area contributed by atoms with E-state index in [0.717, 1.165) is 51.6 Å². The normalized spacial score (nSPS) is 19.3. The molecule has 1 aromatic rings. The number of benzene rings is 1. The zero-order chi connectivity index (χ0) is 17.6. The van der Waals surface area contributed by atoms with Crippen LogP contribution in [-0.2, 0) is 11.2 Å². The fourth-order valence-electron chi connectivity index (χ4n) is 3.38. The Morgan fingerprint density at radius 2 is 1.80 bits per heavy atom. The number of piperidine rings is 1. The molecule has 5 heteroatoms. The fourth-order valence-corrected chi connectivity index (χ4v) is 3.38. The molecule has 1 aliphatic heterocycles. The number of hydrogen-bond acceptors (Lipinski definition) is 2. The molecular formula is C20H29N3O2. The molecule has 1 aromatic carbocycles. The third-order valence-corrected chi connectivity index (χ3v) is 5.15. The second-order valence-corrected chi connectivity index (χ2v) is 7.42. The minimum atomic E-state index is -0.0902. The summed E-state index contributed by atoms with van der Waals surface area (Å²) in [4.78, 5) is 26.2. The Morgan fingerprint density at radius 1 is 1.12 bits per heavy atom. The van der Waals surface area contributed by atoms with Crippen molar-refractivity contribution >= 4 is 11.9 Å². The first-order valence-electron chi connectivity index (χ1n) is 9.51. The van der Waals surface area contributed by atoms with Crippen molar-refractivity contribution in [3.63, 3.8) is 0 Å². The van der Waals surface area contributed by atoms with Gasteiger partial charge < -0.3 is 15.5 Å². The predicted octanol–water partition coefficient (Wildman–Crippen LogP) is 2.71. The second-order valence-electron chi connectivity index (χ2n) is 7.42. The van der Waals surface area contributed by atoms with Crippen molar-refractivity contribution in [2.45, 2.75) is 57.5 Å². The number of nitrogens with one attached hydrogen (secondary N) is 2. The topological polar surface area (TPSA) is 61.4 Å². The number of carbonyl (C=O) groups excluding carboxylic acids is 2. The van der Waals surface area contributed by atoms with Crippen LogP contribution in [-0.4, -0.2) is 42.0 Å². The summed E-state index contributed by atoms with van der Waals surface area (Å²) < 4.78 is 0. The molecule has 5 nitrogen and oxygen atoms in total. The lowest BCUT2D eigenvalue weighted by atomic mass is 10.0. The number of carbonyl (C=O) groups is 2. The molecule has 1 heterocycles. The molecule has 0 unspecified atom stereocenters. The number of rotatable bonds is 6. The van der Waals surface area contributed by atoms with Gasteiger partial charge >= 0.3 is 6.03 Å². The van der Waals surface area contributed by atoms with E-state index < -0.39 is 0 Å². The van der Waals surface area contributed by atoms with Crippen LogP contribution in [0.15, 0.2) is 30.3 Å². The molecule has 1 saturated carbocycles. The first-order chi connectivity index (χ1) is 12.1. The molecule has 2 fully saturated rings. The van der Waals surface area contributed by atoms with Crippen LogP contribution in [0.1, 0.15) is 44.6 Å². The van der Waals surface area contributed by atoms with Crippen molar-refractivity contribution < 1.29 is 9.59 Å². The second kappa shape index (κ2) is 8.37. The molecule has 0 bridgehead atoms. The van der Waals surface area contributed by atoms with Crippen molar-refractivity contribution in [2.24, 2.45) is 5.92 Å². The Kier molecular flexibility index (Phi) is 5.95. The molecule has 0 spiro atoms. The number of nitrogens with zero attached hydrogens (tertiary/aromatic N) is 1. The molecule has 3 rings (SSSR count). The number of likely N-dealkylation sites (tertiary alicyclic amines) is 1. The SMILES string of the molecule is C[C@H](CCc1ccccc1)NC(=O)NC1CCN(C(=O)C2CC2)CC1. The summed E-state index contributed by atoms with van der Waals surface area (Å²) in [6, 6.07) is 10.5. The fraction of sp³-hybridized carbons (Fsp3) is 0.600. The molecule has 136 valence electrons. The first-order valence-corrected chi connectivity index (χ1v) is 9.51. The van der Waals surface area contributed by atoms with Crippen LogP contribution in [0.4, 0.5) is 4.79 Å². The monoisotopic (exact) mass is 343 g/mol. The molecule has 1 saturated heterocycles. The Bertz CT molecular complexity index is 578. The quantitative estimate of drug-likeness (QED) is 0.834. The molecular weight excluding hydrogens is 314 g/mol. The largest absolute Gasteiger partial charge is 0.342 e. The summed E-state index contributed by atoms with van der Waals surface area (Å²) in [5.74, 6) is 0.607. The molecule has 25 heavy (non-hydrogen) atoms. The van der Waals surface area contributed by atoms with Gasteiger partial charge in [0.1, 0.15) is 0 Å². The van der Waals surface area contributed by atoms with Crippen LogP contribution in [0.3, 0.4) is 0 Å². The van der Waals surface area contributed by atoms with Crippen molar-refractivity contribution in [1.29, 1.82) is 0 Å². The van der Waals surface area contributed by atoms with E-state index in [2.05, 4.69) is 22.8 Å². The Morgan fingerprint density at radius 3 is 2.44 bits per heavy atom. The van der Waals surface area contributed by atoms with Crippen LogP contribution in [0.5, 0.6) is 0 Å². The minimum absolute atomic E-state index is 0.0902. The standard InChI is InChI=1S/C20H29N3O2/c1-15(7-8-16-5-3-2-4-6-16)21-20(25)22-18-11-13-23(14-12-18)19(24)17-9-10-17/h2-6,15,17-18H,7-14H2,1H3,(H2,21,22,25)/t15-/m1/s1. The van der Waals surface area contributed by atoms with Gasteiger partial charge in [0, 0.05) is 31.1 Å². The summed E-state index contributed by atoms with van der Waals surface area (Å²) in [5.41, 5.74) is 1.30. The molecule has 3 amide bonds. The van der Waals surface area contributed by atoms with Gasteiger partial charge in [0.05, 0.1) is 0 Å². The Labute approximate surface area is 150 Å². The zero-order valence-electron chi connectivity index (χ0n) is 15.0. The van der Waals surface area contributed by atoms with Gasteiger partial charge in [-0.1, -0.05) is 30.3 Å². The van der Waals surface area contributed by atoms with Crippen molar-refractivity contribution in [2.75, 3.05) is 13.1 Å². The van der Waals surface area contributed by atoms with Gasteiger partial charge in [-0.3, -0.25) is 4.79 Å². The maximum Gasteiger partial charge on any atom is 0.315 e. The Balaban J connectivity index is 1.33. The highest BCUT2D eigenvalue weighted by molar-refractivity contribution is 5.81. The van der Waals surface area contributed by atoms with Crippen LogP contribution < -0.4 is 10.6 Å². The summed E-state index contributed by atoms with van der Waals surface area (Å²) >= 11 is 0. The van der Waals surface area contributed by atoms with Crippen LogP contribution >= 0.6 is 0 Å². The number of hydrogen-bond donors (Lipinski definition) is 2. The highest BCUT2D eigenvalue weighted by Crippen LogP contribution is 2.31. The average Bonchev–Trinajstić information content (AvgIpc) is 3.46. The predicted molar refractivity (Wildman–Crippen MR) is 98.2 cm³/mol. The first kappa shape index (κ1) is 17.8. The van der Waals surface area contributed by atoms with E-state index in [0.29, 0.717) is 11.8 Å². The molecule has 2 N–H and O–H groups in total. The van der Waals surface area contributed by atoms with Gasteiger partial charge in [0.25, 0.3) is 0 Å². The molecule has 0 aromatic heterocycles. The van der Waals surface area contributed by atoms with E-state index >= 15 is 0 Å². The maximum atomic E-state index is 12.2. The summed E-state index contributed by atoms with van der Waals surface area (Å²) in [6.45, 7) is 3.58. The third-order valence-electron chi connectivity index (χ3n) is 5.15. The van der Waals surface area contributed by atoms with E-state index in [-0.39, 0.29) is 18.1 Å². The maximum absolute atomic E-state index is 12.2. The van der Waals surface area contributed by atoms with Gasteiger partial charge in [-0.05, 0) is 51.0 Å². The Hall–Kier alpha value is -2.04. The molecule has 1 atom stereocenters. The number of amides is 3. The van der Waals surface area contributed by atoms with Gasteiger partial charge in [0.15, 0.2) is 0 Å². The van der Waals surface area contributed by atoms with E-state index in [4.69, 9.17) is 0 Å². The highest BCUT2D eigenvalue weighted by atomic mass is 16.2. The van der Waals surface area contributed by atoms with Gasteiger partial charge in [0.2, 0.25) is 5.91 Å². The summed E-state index contributed by atoms with van der Waals surface area (Å²) in [7, 11) is 0. The summed E-state index contributed by atoms with van der Waals surface area (Å²) in [5, 5.41) is 6.09. The lowest BCUT2D eigenvalue weighted by Crippen LogP contribution is -2.50. The molecule has 0 radical (unpaired) electrons. The van der Waals surface area contributed by atoms with Crippen molar-refractivity contribution in [3.05, 3.63) is 35.9 Å². The van der Waals surface area contributed by atoms with E-state index in [1.807, 2.05) is 30.0 Å². The number of urea groups is 1. The highest BCUT2D eigenvalue weighted by Gasteiger charge is 2.35. The van der Waals surface area contributed by atoms with Crippen molar-refractivity contribution in [3.8, 4) is 0 Å². The van der Waals surface area contributed by atoms with Crippen molar-refractivity contribution in [1.82, 2.24) is 15.5 Å². The van der Waals surface area contributed by atoms with Crippen LogP contribution in [0, 0.1) is 5.92 Å². The lowest BCUT2D eigenvalue weighted by molar-refractivity contribution is -0.133. The zero-order valence-corrected chi connectivity index (χ0v) is 15.0. The number of aryl methyl sites for hydroxylation is 1. The molecule has 2 aliphatic rings. The molecule has 1 aliphatic carbocycles. The van der Waals surface area contributed by atoms with Gasteiger partial charge in [-0.25, -0.2) is 4.79 Å².